The normalized spacial score (nSPS) is 17.0. The van der Waals surface area contributed by atoms with Crippen LogP contribution >= 0.6 is 0 Å². The highest BCUT2D eigenvalue weighted by Crippen LogP contribution is 2.23. The Bertz CT molecular complexity index is 767. The van der Waals surface area contributed by atoms with E-state index < -0.39 is 0 Å². The van der Waals surface area contributed by atoms with Gasteiger partial charge in [0.1, 0.15) is 0 Å². The van der Waals surface area contributed by atoms with Gasteiger partial charge < -0.3 is 0 Å². The minimum absolute atomic E-state index is 0.451. The van der Waals surface area contributed by atoms with Gasteiger partial charge in [-0.3, -0.25) is 0 Å². The van der Waals surface area contributed by atoms with Gasteiger partial charge in [0, 0.05) is 0 Å². The summed E-state index contributed by atoms with van der Waals surface area (Å²) in [5.74, 6) is 0.451. The van der Waals surface area contributed by atoms with Crippen molar-refractivity contribution in [2.24, 2.45) is 5.92 Å². The maximum Gasteiger partial charge on any atom is -0.00303 e. The first-order valence-corrected chi connectivity index (χ1v) is 7.27. The van der Waals surface area contributed by atoms with E-state index >= 15 is 0 Å². The van der Waals surface area contributed by atoms with E-state index in [1.807, 2.05) is 31.2 Å². The van der Waals surface area contributed by atoms with Crippen molar-refractivity contribution in [3.05, 3.63) is 77.2 Å². The molecule has 1 unspecified atom stereocenters. The molecule has 1 aliphatic rings. The second kappa shape index (κ2) is 6.41. The van der Waals surface area contributed by atoms with Crippen LogP contribution in [0.15, 0.2) is 50.1 Å². The third kappa shape index (κ3) is 2.75. The van der Waals surface area contributed by atoms with Gasteiger partial charge in [-0.05, 0) is 51.6 Å². The van der Waals surface area contributed by atoms with Gasteiger partial charge in [-0.25, -0.2) is 0 Å². The van der Waals surface area contributed by atoms with E-state index in [4.69, 9.17) is 0 Å². The predicted octanol–water partition coefficient (Wildman–Crippen LogP) is 4.33. The van der Waals surface area contributed by atoms with Crippen LogP contribution in [0.3, 0.4) is 0 Å². The lowest BCUT2D eigenvalue weighted by Crippen LogP contribution is -2.27. The van der Waals surface area contributed by atoms with Crippen molar-refractivity contribution in [2.75, 3.05) is 0 Å². The van der Waals surface area contributed by atoms with E-state index in [1.54, 1.807) is 0 Å². The Morgan fingerprint density at radius 1 is 1.14 bits per heavy atom. The fourth-order valence-corrected chi connectivity index (χ4v) is 2.90. The molecule has 0 radical (unpaired) electrons. The summed E-state index contributed by atoms with van der Waals surface area (Å²) >= 11 is 0. The lowest BCUT2D eigenvalue weighted by Gasteiger charge is -2.12. The van der Waals surface area contributed by atoms with Gasteiger partial charge in [0.2, 0.25) is 0 Å². The number of hydrogen-bond acceptors (Lipinski definition) is 0. The molecule has 0 aliphatic heterocycles. The molecule has 0 spiro atoms. The molecule has 0 aromatic heterocycles. The molecule has 0 fully saturated rings. The first-order chi connectivity index (χ1) is 10.2. The molecule has 0 heteroatoms. The molecule has 1 aromatic carbocycles. The minimum Gasteiger partial charge on any atom is -0.0990 e. The van der Waals surface area contributed by atoms with Gasteiger partial charge in [0.15, 0.2) is 0 Å². The molecule has 1 aromatic rings. The van der Waals surface area contributed by atoms with Gasteiger partial charge in [-0.15, -0.1) is 0 Å². The van der Waals surface area contributed by atoms with E-state index in [9.17, 15) is 0 Å². The van der Waals surface area contributed by atoms with Crippen molar-refractivity contribution < 1.29 is 0 Å². The topological polar surface area (TPSA) is 0 Å². The van der Waals surface area contributed by atoms with Crippen LogP contribution in [0.2, 0.25) is 0 Å². The van der Waals surface area contributed by atoms with Crippen molar-refractivity contribution in [1.29, 1.82) is 0 Å². The zero-order valence-electron chi connectivity index (χ0n) is 12.9. The highest BCUT2D eigenvalue weighted by atomic mass is 14.2. The van der Waals surface area contributed by atoms with E-state index in [2.05, 4.69) is 57.0 Å². The van der Waals surface area contributed by atoms with Gasteiger partial charge in [-0.1, -0.05) is 75.3 Å². The maximum absolute atomic E-state index is 4.00. The van der Waals surface area contributed by atoms with Gasteiger partial charge in [-0.2, -0.15) is 0 Å². The van der Waals surface area contributed by atoms with E-state index in [0.717, 1.165) is 16.7 Å². The summed E-state index contributed by atoms with van der Waals surface area (Å²) in [6.45, 7) is 16.0. The van der Waals surface area contributed by atoms with Crippen LogP contribution < -0.4 is 10.4 Å². The Kier molecular flexibility index (Phi) is 4.59. The molecule has 0 saturated carbocycles. The maximum atomic E-state index is 4.00. The third-order valence-electron chi connectivity index (χ3n) is 3.70. The van der Waals surface area contributed by atoms with Crippen molar-refractivity contribution in [2.45, 2.75) is 13.8 Å². The lowest BCUT2D eigenvalue weighted by molar-refractivity contribution is 1.07. The molecule has 0 bridgehead atoms. The van der Waals surface area contributed by atoms with Crippen molar-refractivity contribution in [3.8, 4) is 0 Å². The van der Waals surface area contributed by atoms with Crippen molar-refractivity contribution in [3.63, 3.8) is 0 Å². The van der Waals surface area contributed by atoms with Crippen LogP contribution in [0.1, 0.15) is 30.5 Å². The number of fused-ring (bicyclic) bond motifs is 1. The summed E-state index contributed by atoms with van der Waals surface area (Å²) in [5, 5.41) is 2.56. The summed E-state index contributed by atoms with van der Waals surface area (Å²) in [4.78, 5) is 0. The zero-order chi connectivity index (χ0) is 15.4. The van der Waals surface area contributed by atoms with Crippen LogP contribution in [0, 0.1) is 5.92 Å². The number of rotatable bonds is 5. The number of allylic oxidation sites excluding steroid dienone is 5. The van der Waals surface area contributed by atoms with E-state index in [1.165, 1.54) is 16.0 Å². The molecule has 0 nitrogen and oxygen atoms in total. The second-order valence-electron chi connectivity index (χ2n) is 5.22. The number of benzene rings is 1. The zero-order valence-corrected chi connectivity index (χ0v) is 12.9. The Hall–Kier alpha value is -2.34. The molecule has 21 heavy (non-hydrogen) atoms. The molecule has 0 N–H and O–H groups in total. The van der Waals surface area contributed by atoms with Gasteiger partial charge in [0.05, 0.1) is 0 Å². The highest BCUT2D eigenvalue weighted by molar-refractivity contribution is 5.85. The van der Waals surface area contributed by atoms with Crippen LogP contribution in [-0.2, 0) is 0 Å². The second-order valence-corrected chi connectivity index (χ2v) is 5.22. The largest absolute Gasteiger partial charge is 0.0990 e. The summed E-state index contributed by atoms with van der Waals surface area (Å²) < 4.78 is 0. The highest BCUT2D eigenvalue weighted by Gasteiger charge is 2.13. The fraction of sp³-hybridized carbons (Fsp3) is 0.143. The molecule has 1 atom stereocenters. The fourth-order valence-electron chi connectivity index (χ4n) is 2.90. The first kappa shape index (κ1) is 15.1. The Balaban J connectivity index is 2.97. The van der Waals surface area contributed by atoms with Gasteiger partial charge in [0.25, 0.3) is 0 Å². The smallest absolute Gasteiger partial charge is 0.00303 e. The van der Waals surface area contributed by atoms with Crippen LogP contribution in [0.5, 0.6) is 0 Å². The first-order valence-electron chi connectivity index (χ1n) is 7.27. The third-order valence-corrected chi connectivity index (χ3v) is 3.70. The quantitative estimate of drug-likeness (QED) is 0.701. The van der Waals surface area contributed by atoms with Gasteiger partial charge >= 0.3 is 0 Å². The Morgan fingerprint density at radius 3 is 2.48 bits per heavy atom. The molecular formula is C21H22. The van der Waals surface area contributed by atoms with Crippen molar-refractivity contribution >= 4 is 29.9 Å². The number of hydrogen-bond donors (Lipinski definition) is 0. The van der Waals surface area contributed by atoms with Crippen LogP contribution in [0.4, 0.5) is 0 Å². The van der Waals surface area contributed by atoms with Crippen LogP contribution in [0.25, 0.3) is 29.9 Å². The molecular weight excluding hydrogens is 252 g/mol. The molecule has 0 saturated heterocycles. The average molecular weight is 274 g/mol. The summed E-state index contributed by atoms with van der Waals surface area (Å²) in [7, 11) is 0. The summed E-state index contributed by atoms with van der Waals surface area (Å²) in [6, 6.07) is 2.20. The standard InChI is InChI=1S/C21H22/c1-6-10-17(11-7-2)21-19(9-4)16(8-3)14-18-12-15(5)13-20(18)21/h6-15H,1,3-4H2,2,5H3/b11-7-,17-10+. The minimum atomic E-state index is 0.451. The Labute approximate surface area is 127 Å². The lowest BCUT2D eigenvalue weighted by atomic mass is 9.91. The molecule has 1 aliphatic carbocycles. The predicted molar refractivity (Wildman–Crippen MR) is 97.0 cm³/mol. The summed E-state index contributed by atoms with van der Waals surface area (Å²) in [6.07, 6.45) is 16.5. The average Bonchev–Trinajstić information content (AvgIpc) is 2.84. The molecule has 0 heterocycles. The monoisotopic (exact) mass is 274 g/mol. The SMILES string of the molecule is C=C/C=C(\C=C/C)c1c(C=C)c(C=C)cc2c1=CC(C)C=2. The Morgan fingerprint density at radius 2 is 1.90 bits per heavy atom. The molecule has 2 rings (SSSR count). The molecule has 106 valence electrons. The van der Waals surface area contributed by atoms with Crippen LogP contribution in [-0.4, -0.2) is 0 Å². The van der Waals surface area contributed by atoms with Crippen molar-refractivity contribution in [1.82, 2.24) is 0 Å². The molecule has 0 amide bonds. The summed E-state index contributed by atoms with van der Waals surface area (Å²) in [5.41, 5.74) is 4.63. The van der Waals surface area contributed by atoms with E-state index in [-0.39, 0.29) is 0 Å². The van der Waals surface area contributed by atoms with E-state index in [0.29, 0.717) is 5.92 Å².